The van der Waals surface area contributed by atoms with Gasteiger partial charge in [0.2, 0.25) is 10.0 Å². The third-order valence-electron chi connectivity index (χ3n) is 2.70. The number of hydrogen-bond acceptors (Lipinski definition) is 3. The number of sulfonamides is 1. The summed E-state index contributed by atoms with van der Waals surface area (Å²) in [6.07, 6.45) is 1.72. The molecule has 4 nitrogen and oxygen atoms in total. The second-order valence-corrected chi connectivity index (χ2v) is 6.65. The fourth-order valence-electron chi connectivity index (χ4n) is 1.50. The molecule has 1 aliphatic rings. The van der Waals surface area contributed by atoms with Crippen LogP contribution in [-0.2, 0) is 14.8 Å². The van der Waals surface area contributed by atoms with Crippen molar-refractivity contribution in [1.82, 2.24) is 4.31 Å². The van der Waals surface area contributed by atoms with Gasteiger partial charge in [-0.2, -0.15) is 0 Å². The maximum atomic E-state index is 11.9. The highest BCUT2D eigenvalue weighted by Crippen LogP contribution is 2.16. The van der Waals surface area contributed by atoms with Crippen LogP contribution in [0.4, 0.5) is 0 Å². The molecule has 0 spiro atoms. The Morgan fingerprint density at radius 2 is 2.27 bits per heavy atom. The van der Waals surface area contributed by atoms with Crippen LogP contribution in [0.5, 0.6) is 0 Å². The van der Waals surface area contributed by atoms with E-state index in [1.54, 1.807) is 7.05 Å². The second kappa shape index (κ2) is 5.61. The Morgan fingerprint density at radius 3 is 2.73 bits per heavy atom. The van der Waals surface area contributed by atoms with Crippen LogP contribution in [0.15, 0.2) is 0 Å². The monoisotopic (exact) mass is 299 g/mol. The SMILES string of the molecule is CC(CBr)N(C)S(=O)(=O)CC1CCCO1. The molecule has 0 N–H and O–H groups in total. The zero-order chi connectivity index (χ0) is 11.5. The van der Waals surface area contributed by atoms with Crippen LogP contribution in [0, 0.1) is 0 Å². The summed E-state index contributed by atoms with van der Waals surface area (Å²) < 4.78 is 30.6. The maximum absolute atomic E-state index is 11.9. The van der Waals surface area contributed by atoms with Gasteiger partial charge in [-0.05, 0) is 19.8 Å². The summed E-state index contributed by atoms with van der Waals surface area (Å²) in [5, 5.41) is 0.647. The molecular weight excluding hydrogens is 282 g/mol. The van der Waals surface area contributed by atoms with Crippen molar-refractivity contribution in [2.45, 2.75) is 31.9 Å². The van der Waals surface area contributed by atoms with Crippen molar-refractivity contribution in [2.24, 2.45) is 0 Å². The molecule has 1 heterocycles. The van der Waals surface area contributed by atoms with Crippen molar-refractivity contribution in [3.05, 3.63) is 0 Å². The summed E-state index contributed by atoms with van der Waals surface area (Å²) in [6, 6.07) is -0.0172. The normalized spacial score (nSPS) is 24.7. The Labute approximate surface area is 100 Å². The van der Waals surface area contributed by atoms with E-state index in [0.29, 0.717) is 11.9 Å². The molecule has 0 aromatic carbocycles. The molecular formula is C9H18BrNO3S. The molecule has 0 aromatic rings. The zero-order valence-corrected chi connectivity index (χ0v) is 11.6. The molecule has 1 saturated heterocycles. The van der Waals surface area contributed by atoms with Crippen LogP contribution >= 0.6 is 15.9 Å². The molecule has 0 radical (unpaired) electrons. The van der Waals surface area contributed by atoms with Crippen molar-refractivity contribution in [3.8, 4) is 0 Å². The number of ether oxygens (including phenoxy) is 1. The lowest BCUT2D eigenvalue weighted by atomic mass is 10.3. The third kappa shape index (κ3) is 3.69. The van der Waals surface area contributed by atoms with Gasteiger partial charge >= 0.3 is 0 Å². The summed E-state index contributed by atoms with van der Waals surface area (Å²) >= 11 is 3.28. The van der Waals surface area contributed by atoms with E-state index in [4.69, 9.17) is 4.74 Å². The van der Waals surface area contributed by atoms with E-state index in [-0.39, 0.29) is 17.9 Å². The van der Waals surface area contributed by atoms with Crippen molar-refractivity contribution in [2.75, 3.05) is 24.7 Å². The van der Waals surface area contributed by atoms with E-state index in [0.717, 1.165) is 12.8 Å². The first-order chi connectivity index (χ1) is 6.97. The Morgan fingerprint density at radius 1 is 1.60 bits per heavy atom. The molecule has 1 rings (SSSR count). The highest BCUT2D eigenvalue weighted by Gasteiger charge is 2.28. The van der Waals surface area contributed by atoms with Crippen molar-refractivity contribution >= 4 is 26.0 Å². The maximum Gasteiger partial charge on any atom is 0.216 e. The van der Waals surface area contributed by atoms with Crippen molar-refractivity contribution < 1.29 is 13.2 Å². The zero-order valence-electron chi connectivity index (χ0n) is 9.15. The molecule has 6 heteroatoms. The lowest BCUT2D eigenvalue weighted by Crippen LogP contribution is -2.40. The molecule has 90 valence electrons. The molecule has 2 atom stereocenters. The molecule has 0 aliphatic carbocycles. The first-order valence-electron chi connectivity index (χ1n) is 5.10. The summed E-state index contributed by atoms with van der Waals surface area (Å²) in [5.41, 5.74) is 0. The van der Waals surface area contributed by atoms with Gasteiger partial charge < -0.3 is 4.74 Å². The first kappa shape index (κ1) is 13.4. The predicted molar refractivity (Wildman–Crippen MR) is 63.8 cm³/mol. The van der Waals surface area contributed by atoms with Crippen LogP contribution in [0.3, 0.4) is 0 Å². The van der Waals surface area contributed by atoms with Gasteiger partial charge in [0.15, 0.2) is 0 Å². The molecule has 0 aromatic heterocycles. The van der Waals surface area contributed by atoms with Gasteiger partial charge in [-0.3, -0.25) is 0 Å². The van der Waals surface area contributed by atoms with E-state index >= 15 is 0 Å². The Balaban J connectivity index is 2.57. The van der Waals surface area contributed by atoms with Crippen LogP contribution in [0.2, 0.25) is 0 Å². The van der Waals surface area contributed by atoms with E-state index in [1.165, 1.54) is 4.31 Å². The lowest BCUT2D eigenvalue weighted by Gasteiger charge is -2.23. The first-order valence-corrected chi connectivity index (χ1v) is 7.83. The lowest BCUT2D eigenvalue weighted by molar-refractivity contribution is 0.126. The van der Waals surface area contributed by atoms with Crippen LogP contribution in [0.25, 0.3) is 0 Å². The molecule has 15 heavy (non-hydrogen) atoms. The summed E-state index contributed by atoms with van der Waals surface area (Å²) in [5.74, 6) is 0.112. The second-order valence-electron chi connectivity index (χ2n) is 3.93. The number of halogens is 1. The van der Waals surface area contributed by atoms with Gasteiger partial charge in [-0.25, -0.2) is 12.7 Å². The molecule has 1 fully saturated rings. The van der Waals surface area contributed by atoms with Gasteiger partial charge in [0, 0.05) is 25.0 Å². The molecule has 0 amide bonds. The van der Waals surface area contributed by atoms with Crippen molar-refractivity contribution in [1.29, 1.82) is 0 Å². The smallest absolute Gasteiger partial charge is 0.216 e. The summed E-state index contributed by atoms with van der Waals surface area (Å²) in [7, 11) is -1.56. The van der Waals surface area contributed by atoms with E-state index in [9.17, 15) is 8.42 Å². The average molecular weight is 300 g/mol. The van der Waals surface area contributed by atoms with Gasteiger partial charge in [0.05, 0.1) is 11.9 Å². The van der Waals surface area contributed by atoms with E-state index in [2.05, 4.69) is 15.9 Å². The van der Waals surface area contributed by atoms with E-state index in [1.807, 2.05) is 6.92 Å². The average Bonchev–Trinajstić information content (AvgIpc) is 2.67. The highest BCUT2D eigenvalue weighted by molar-refractivity contribution is 9.09. The third-order valence-corrected chi connectivity index (χ3v) is 5.67. The number of alkyl halides is 1. The highest BCUT2D eigenvalue weighted by atomic mass is 79.9. The van der Waals surface area contributed by atoms with Crippen molar-refractivity contribution in [3.63, 3.8) is 0 Å². The number of hydrogen-bond donors (Lipinski definition) is 0. The van der Waals surface area contributed by atoms with Crippen LogP contribution in [-0.4, -0.2) is 49.6 Å². The topological polar surface area (TPSA) is 46.6 Å². The fourth-order valence-corrected chi connectivity index (χ4v) is 3.72. The fraction of sp³-hybridized carbons (Fsp3) is 1.00. The Kier molecular flexibility index (Phi) is 5.02. The van der Waals surface area contributed by atoms with Gasteiger partial charge in [0.25, 0.3) is 0 Å². The van der Waals surface area contributed by atoms with Gasteiger partial charge in [0.1, 0.15) is 0 Å². The summed E-state index contributed by atoms with van der Waals surface area (Å²) in [4.78, 5) is 0. The summed E-state index contributed by atoms with van der Waals surface area (Å²) in [6.45, 7) is 2.57. The predicted octanol–water partition coefficient (Wildman–Crippen LogP) is 1.21. The molecule has 1 aliphatic heterocycles. The number of nitrogens with zero attached hydrogens (tertiary/aromatic N) is 1. The minimum atomic E-state index is -3.18. The van der Waals surface area contributed by atoms with Crippen LogP contribution < -0.4 is 0 Å². The molecule has 0 saturated carbocycles. The van der Waals surface area contributed by atoms with Gasteiger partial charge in [-0.1, -0.05) is 15.9 Å². The van der Waals surface area contributed by atoms with E-state index < -0.39 is 10.0 Å². The molecule has 0 bridgehead atoms. The minimum absolute atomic E-state index is 0.0172. The minimum Gasteiger partial charge on any atom is -0.377 e. The Hall–Kier alpha value is 0.350. The number of rotatable bonds is 5. The molecule has 2 unspecified atom stereocenters. The standard InChI is InChI=1S/C9H18BrNO3S/c1-8(6-10)11(2)15(12,13)7-9-4-3-5-14-9/h8-9H,3-7H2,1-2H3. The van der Waals surface area contributed by atoms with Gasteiger partial charge in [-0.15, -0.1) is 0 Å². The largest absolute Gasteiger partial charge is 0.377 e. The quantitative estimate of drug-likeness (QED) is 0.717. The Bertz CT molecular complexity index is 288. The van der Waals surface area contributed by atoms with Crippen LogP contribution in [0.1, 0.15) is 19.8 Å².